The quantitative estimate of drug-likeness (QED) is 0.491. The molecule has 6 heteroatoms. The molecule has 0 aliphatic carbocycles. The van der Waals surface area contributed by atoms with Crippen molar-refractivity contribution in [2.75, 3.05) is 18.5 Å². The van der Waals surface area contributed by atoms with Gasteiger partial charge in [-0.05, 0) is 36.9 Å². The Morgan fingerprint density at radius 2 is 2.35 bits per heavy atom. The molecule has 1 unspecified atom stereocenters. The molecule has 1 fully saturated rings. The van der Waals surface area contributed by atoms with Crippen LogP contribution >= 0.6 is 0 Å². The van der Waals surface area contributed by atoms with Gasteiger partial charge < -0.3 is 5.43 Å². The number of hydrazine groups is 1. The number of nitrogen functional groups attached to an aromatic ring is 1. The fraction of sp³-hybridized carbons (Fsp3) is 0.571. The number of nitro benzene ring substituents is 1. The maximum Gasteiger partial charge on any atom is 0.293 e. The summed E-state index contributed by atoms with van der Waals surface area (Å²) in [5, 5.41) is 10.9. The molecule has 1 aliphatic heterocycles. The fourth-order valence-corrected chi connectivity index (χ4v) is 2.84. The Hall–Kier alpha value is -1.66. The van der Waals surface area contributed by atoms with Crippen LogP contribution in [0.2, 0.25) is 0 Å². The minimum Gasteiger partial charge on any atom is -0.318 e. The Balaban J connectivity index is 2.07. The molecule has 3 N–H and O–H groups in total. The topological polar surface area (TPSA) is 84.4 Å². The molecule has 6 nitrogen and oxygen atoms in total. The zero-order valence-corrected chi connectivity index (χ0v) is 11.8. The number of piperidine rings is 1. The monoisotopic (exact) mass is 278 g/mol. The largest absolute Gasteiger partial charge is 0.318 e. The molecule has 1 saturated heterocycles. The highest BCUT2D eigenvalue weighted by Crippen LogP contribution is 2.26. The van der Waals surface area contributed by atoms with Crippen LogP contribution in [-0.2, 0) is 6.54 Å². The van der Waals surface area contributed by atoms with Crippen molar-refractivity contribution in [3.8, 4) is 0 Å². The first-order valence-corrected chi connectivity index (χ1v) is 7.10. The number of nitro groups is 1. The van der Waals surface area contributed by atoms with Gasteiger partial charge in [0.15, 0.2) is 0 Å². The summed E-state index contributed by atoms with van der Waals surface area (Å²) in [6.07, 6.45) is 3.75. The molecule has 0 radical (unpaired) electrons. The molecule has 110 valence electrons. The second-order valence-corrected chi connectivity index (χ2v) is 5.40. The van der Waals surface area contributed by atoms with Gasteiger partial charge in [0.25, 0.3) is 5.69 Å². The smallest absolute Gasteiger partial charge is 0.293 e. The van der Waals surface area contributed by atoms with E-state index >= 15 is 0 Å². The number of hydrogen-bond donors (Lipinski definition) is 2. The Bertz CT molecular complexity index is 478. The average molecular weight is 278 g/mol. The lowest BCUT2D eigenvalue weighted by atomic mass is 9.95. The van der Waals surface area contributed by atoms with Crippen molar-refractivity contribution < 1.29 is 4.92 Å². The van der Waals surface area contributed by atoms with Crippen molar-refractivity contribution in [2.45, 2.75) is 32.7 Å². The van der Waals surface area contributed by atoms with Crippen molar-refractivity contribution in [3.63, 3.8) is 0 Å². The molecule has 1 aliphatic rings. The first-order chi connectivity index (χ1) is 9.63. The summed E-state index contributed by atoms with van der Waals surface area (Å²) in [5.74, 6) is 6.14. The van der Waals surface area contributed by atoms with E-state index in [0.29, 0.717) is 5.69 Å². The molecule has 0 saturated carbocycles. The van der Waals surface area contributed by atoms with Crippen LogP contribution in [0.25, 0.3) is 0 Å². The van der Waals surface area contributed by atoms with Gasteiger partial charge in [0, 0.05) is 19.2 Å². The minimum absolute atomic E-state index is 0.0151. The lowest BCUT2D eigenvalue weighted by Crippen LogP contribution is -2.34. The highest BCUT2D eigenvalue weighted by Gasteiger charge is 2.19. The van der Waals surface area contributed by atoms with Gasteiger partial charge in [0.2, 0.25) is 0 Å². The van der Waals surface area contributed by atoms with Gasteiger partial charge in [-0.3, -0.25) is 20.9 Å². The summed E-state index contributed by atoms with van der Waals surface area (Å²) >= 11 is 0. The number of hydrogen-bond acceptors (Lipinski definition) is 5. The van der Waals surface area contributed by atoms with Crippen molar-refractivity contribution in [3.05, 3.63) is 33.9 Å². The number of nitrogens with two attached hydrogens (primary N) is 1. The third-order valence-electron chi connectivity index (χ3n) is 4.00. The van der Waals surface area contributed by atoms with Gasteiger partial charge in [-0.15, -0.1) is 0 Å². The number of rotatable bonds is 5. The van der Waals surface area contributed by atoms with Gasteiger partial charge in [-0.25, -0.2) is 0 Å². The van der Waals surface area contributed by atoms with E-state index in [2.05, 4.69) is 17.2 Å². The predicted octanol–water partition coefficient (Wildman–Crippen LogP) is 2.50. The van der Waals surface area contributed by atoms with Gasteiger partial charge in [-0.1, -0.05) is 19.4 Å². The first kappa shape index (κ1) is 14.7. The Kier molecular flexibility index (Phi) is 4.92. The molecule has 0 aromatic heterocycles. The standard InChI is InChI=1S/C14H22N4O2/c1-2-11-4-3-7-17(9-11)10-12-5-6-14(18(19)20)13(8-12)16-15/h5-6,8,11,16H,2-4,7,9-10,15H2,1H3. The van der Waals surface area contributed by atoms with E-state index in [0.717, 1.165) is 31.1 Å². The van der Waals surface area contributed by atoms with E-state index in [1.807, 2.05) is 6.07 Å². The maximum atomic E-state index is 10.9. The molecule has 1 aromatic rings. The van der Waals surface area contributed by atoms with Crippen LogP contribution in [0.1, 0.15) is 31.7 Å². The van der Waals surface area contributed by atoms with Gasteiger partial charge in [-0.2, -0.15) is 0 Å². The summed E-state index contributed by atoms with van der Waals surface area (Å²) in [5.41, 5.74) is 3.86. The summed E-state index contributed by atoms with van der Waals surface area (Å²) in [6, 6.07) is 5.11. The molecular formula is C14H22N4O2. The molecular weight excluding hydrogens is 256 g/mol. The lowest BCUT2D eigenvalue weighted by molar-refractivity contribution is -0.384. The van der Waals surface area contributed by atoms with E-state index in [-0.39, 0.29) is 5.69 Å². The zero-order chi connectivity index (χ0) is 14.5. The van der Waals surface area contributed by atoms with Crippen LogP contribution in [0, 0.1) is 16.0 Å². The highest BCUT2D eigenvalue weighted by atomic mass is 16.6. The van der Waals surface area contributed by atoms with Crippen LogP contribution in [0.4, 0.5) is 11.4 Å². The van der Waals surface area contributed by atoms with Crippen LogP contribution in [-0.4, -0.2) is 22.9 Å². The minimum atomic E-state index is -0.424. The SMILES string of the molecule is CCC1CCCN(Cc2ccc([N+](=O)[O-])c(NN)c2)C1. The average Bonchev–Trinajstić information content (AvgIpc) is 2.47. The first-order valence-electron chi connectivity index (χ1n) is 7.10. The summed E-state index contributed by atoms with van der Waals surface area (Å²) < 4.78 is 0. The maximum absolute atomic E-state index is 10.9. The van der Waals surface area contributed by atoms with Crippen LogP contribution < -0.4 is 11.3 Å². The second-order valence-electron chi connectivity index (χ2n) is 5.40. The Morgan fingerprint density at radius 1 is 1.55 bits per heavy atom. The van der Waals surface area contributed by atoms with Crippen LogP contribution in [0.3, 0.4) is 0 Å². The molecule has 2 rings (SSSR count). The fourth-order valence-electron chi connectivity index (χ4n) is 2.84. The Morgan fingerprint density at radius 3 is 3.00 bits per heavy atom. The summed E-state index contributed by atoms with van der Waals surface area (Å²) in [7, 11) is 0. The van der Waals surface area contributed by atoms with Crippen LogP contribution in [0.5, 0.6) is 0 Å². The van der Waals surface area contributed by atoms with Crippen molar-refractivity contribution >= 4 is 11.4 Å². The van der Waals surface area contributed by atoms with Crippen molar-refractivity contribution in [2.24, 2.45) is 11.8 Å². The molecule has 0 spiro atoms. The van der Waals surface area contributed by atoms with E-state index in [4.69, 9.17) is 5.84 Å². The van der Waals surface area contributed by atoms with Crippen molar-refractivity contribution in [1.29, 1.82) is 0 Å². The zero-order valence-electron chi connectivity index (χ0n) is 11.8. The second kappa shape index (κ2) is 6.67. The summed E-state index contributed by atoms with van der Waals surface area (Å²) in [4.78, 5) is 12.9. The molecule has 0 amide bonds. The third kappa shape index (κ3) is 3.46. The van der Waals surface area contributed by atoms with Crippen molar-refractivity contribution in [1.82, 2.24) is 4.90 Å². The van der Waals surface area contributed by atoms with E-state index in [1.54, 1.807) is 6.07 Å². The van der Waals surface area contributed by atoms with Gasteiger partial charge in [0.05, 0.1) is 4.92 Å². The number of anilines is 1. The van der Waals surface area contributed by atoms with Gasteiger partial charge in [0.1, 0.15) is 5.69 Å². The van der Waals surface area contributed by atoms with Gasteiger partial charge >= 0.3 is 0 Å². The molecule has 0 bridgehead atoms. The van der Waals surface area contributed by atoms with E-state index < -0.39 is 4.92 Å². The normalized spacial score (nSPS) is 19.8. The van der Waals surface area contributed by atoms with E-state index in [1.165, 1.54) is 25.3 Å². The number of nitrogens with zero attached hydrogens (tertiary/aromatic N) is 2. The molecule has 1 aromatic carbocycles. The molecule has 1 heterocycles. The molecule has 1 atom stereocenters. The third-order valence-corrected chi connectivity index (χ3v) is 4.00. The number of likely N-dealkylation sites (tertiary alicyclic amines) is 1. The number of nitrogens with one attached hydrogen (secondary N) is 1. The lowest BCUT2D eigenvalue weighted by Gasteiger charge is -2.32. The van der Waals surface area contributed by atoms with Crippen LogP contribution in [0.15, 0.2) is 18.2 Å². The number of benzene rings is 1. The predicted molar refractivity (Wildman–Crippen MR) is 79.2 cm³/mol. The summed E-state index contributed by atoms with van der Waals surface area (Å²) in [6.45, 7) is 5.26. The molecule has 20 heavy (non-hydrogen) atoms. The highest BCUT2D eigenvalue weighted by molar-refractivity contribution is 5.62. The van der Waals surface area contributed by atoms with E-state index in [9.17, 15) is 10.1 Å². The Labute approximate surface area is 119 Å².